The Kier molecular flexibility index (Phi) is 4.35. The van der Waals surface area contributed by atoms with E-state index in [2.05, 4.69) is 96.8 Å². The van der Waals surface area contributed by atoms with Crippen molar-refractivity contribution in [2.75, 3.05) is 5.32 Å². The minimum atomic E-state index is -0.351. The topological polar surface area (TPSA) is 32.3 Å². The maximum Gasteiger partial charge on any atom is 0.155 e. The molecule has 0 bridgehead atoms. The van der Waals surface area contributed by atoms with E-state index in [4.69, 9.17) is 0 Å². The quantitative estimate of drug-likeness (QED) is 0.743. The largest absolute Gasteiger partial charge is 0.369 e. The normalized spacial score (nSPS) is 29.3. The van der Waals surface area contributed by atoms with Crippen molar-refractivity contribution in [3.05, 3.63) is 29.8 Å². The number of hydrogen-bond acceptors (Lipinski definition) is 3. The van der Waals surface area contributed by atoms with Gasteiger partial charge in [0.25, 0.3) is 0 Å². The zero-order chi connectivity index (χ0) is 19.7. The van der Waals surface area contributed by atoms with Gasteiger partial charge in [-0.25, -0.2) is 0 Å². The lowest BCUT2D eigenvalue weighted by Crippen LogP contribution is -2.57. The molecule has 4 atom stereocenters. The number of fused-ring (bicyclic) bond motifs is 3. The summed E-state index contributed by atoms with van der Waals surface area (Å²) in [6.45, 7) is 19.8. The second kappa shape index (κ2) is 5.82. The number of carbonyl (C=O) groups excluding carboxylic acids is 1. The molecule has 2 aliphatic rings. The Balaban J connectivity index is 2.21. The van der Waals surface area contributed by atoms with Crippen molar-refractivity contribution in [3.8, 4) is 0 Å². The number of likely N-dealkylation sites (tertiary alicyclic amines) is 1. The van der Waals surface area contributed by atoms with Gasteiger partial charge in [-0.2, -0.15) is 0 Å². The van der Waals surface area contributed by atoms with E-state index in [1.54, 1.807) is 0 Å². The van der Waals surface area contributed by atoms with Gasteiger partial charge in [0.05, 0.1) is 12.2 Å². The van der Waals surface area contributed by atoms with Crippen molar-refractivity contribution in [1.82, 2.24) is 4.90 Å². The molecule has 0 aliphatic carbocycles. The highest BCUT2D eigenvalue weighted by Gasteiger charge is 2.61. The number of carbonyl (C=O) groups is 1. The molecule has 2 heterocycles. The molecule has 0 amide bonds. The van der Waals surface area contributed by atoms with Crippen LogP contribution in [0.4, 0.5) is 5.69 Å². The van der Waals surface area contributed by atoms with Crippen LogP contribution in [0.3, 0.4) is 0 Å². The smallest absolute Gasteiger partial charge is 0.155 e. The van der Waals surface area contributed by atoms with Crippen LogP contribution in [-0.2, 0) is 4.79 Å². The van der Waals surface area contributed by atoms with E-state index >= 15 is 0 Å². The molecule has 3 rings (SSSR count). The summed E-state index contributed by atoms with van der Waals surface area (Å²) in [4.78, 5) is 16.1. The van der Waals surface area contributed by atoms with Crippen molar-refractivity contribution < 1.29 is 4.79 Å². The predicted octanol–water partition coefficient (Wildman–Crippen LogP) is 5.28. The highest BCUT2D eigenvalue weighted by molar-refractivity contribution is 5.90. The summed E-state index contributed by atoms with van der Waals surface area (Å²) in [6, 6.07) is 8.57. The number of nitrogens with zero attached hydrogens (tertiary/aromatic N) is 1. The average molecular weight is 357 g/mol. The Labute approximate surface area is 159 Å². The first-order chi connectivity index (χ1) is 11.7. The van der Waals surface area contributed by atoms with Gasteiger partial charge in [0.1, 0.15) is 0 Å². The molecule has 0 aromatic heterocycles. The van der Waals surface area contributed by atoms with Gasteiger partial charge >= 0.3 is 0 Å². The monoisotopic (exact) mass is 356 g/mol. The number of ketones is 1. The van der Waals surface area contributed by atoms with Gasteiger partial charge in [0.2, 0.25) is 0 Å². The second-order valence-electron chi connectivity index (χ2n) is 11.2. The third-order valence-electron chi connectivity index (χ3n) is 6.07. The maximum absolute atomic E-state index is 13.7. The van der Waals surface area contributed by atoms with Gasteiger partial charge in [-0.15, -0.1) is 0 Å². The fourth-order valence-corrected chi connectivity index (χ4v) is 5.09. The lowest BCUT2D eigenvalue weighted by atomic mass is 9.66. The fourth-order valence-electron chi connectivity index (χ4n) is 5.09. The summed E-state index contributed by atoms with van der Waals surface area (Å²) in [5.74, 6) is 0.970. The van der Waals surface area contributed by atoms with Crippen LogP contribution in [0.2, 0.25) is 0 Å². The molecule has 26 heavy (non-hydrogen) atoms. The molecule has 0 spiro atoms. The summed E-state index contributed by atoms with van der Waals surface area (Å²) in [7, 11) is 0. The maximum atomic E-state index is 13.7. The fraction of sp³-hybridized carbons (Fsp3) is 0.696. The molecule has 1 saturated heterocycles. The van der Waals surface area contributed by atoms with E-state index in [1.807, 2.05) is 0 Å². The number of anilines is 1. The molecule has 1 aromatic carbocycles. The van der Waals surface area contributed by atoms with Gasteiger partial charge in [-0.05, 0) is 43.7 Å². The molecule has 0 saturated carbocycles. The van der Waals surface area contributed by atoms with Gasteiger partial charge < -0.3 is 5.32 Å². The highest BCUT2D eigenvalue weighted by atomic mass is 16.1. The van der Waals surface area contributed by atoms with Crippen LogP contribution in [0.25, 0.3) is 0 Å². The van der Waals surface area contributed by atoms with Crippen LogP contribution in [-0.4, -0.2) is 28.4 Å². The van der Waals surface area contributed by atoms with Gasteiger partial charge in [-0.1, -0.05) is 59.7 Å². The molecule has 0 radical (unpaired) electrons. The van der Waals surface area contributed by atoms with Gasteiger partial charge in [-0.3, -0.25) is 9.69 Å². The molecule has 1 fully saturated rings. The van der Waals surface area contributed by atoms with Crippen molar-refractivity contribution in [2.45, 2.75) is 86.0 Å². The third-order valence-corrected chi connectivity index (χ3v) is 6.07. The molecule has 3 heteroatoms. The lowest BCUT2D eigenvalue weighted by molar-refractivity contribution is -0.136. The Hall–Kier alpha value is -1.35. The van der Waals surface area contributed by atoms with Crippen LogP contribution < -0.4 is 5.32 Å². The Morgan fingerprint density at radius 1 is 0.962 bits per heavy atom. The number of hydrogen-bond donors (Lipinski definition) is 1. The summed E-state index contributed by atoms with van der Waals surface area (Å²) < 4.78 is 0. The number of para-hydroxylation sites is 1. The minimum Gasteiger partial charge on any atom is -0.369 e. The van der Waals surface area contributed by atoms with E-state index in [0.717, 1.165) is 0 Å². The lowest BCUT2D eigenvalue weighted by Gasteiger charge is -2.44. The van der Waals surface area contributed by atoms with Crippen molar-refractivity contribution >= 4 is 11.5 Å². The number of rotatable bonds is 1. The van der Waals surface area contributed by atoms with Gasteiger partial charge in [0, 0.05) is 22.6 Å². The zero-order valence-corrected chi connectivity index (χ0v) is 18.0. The van der Waals surface area contributed by atoms with Crippen molar-refractivity contribution in [1.29, 1.82) is 0 Å². The summed E-state index contributed by atoms with van der Waals surface area (Å²) in [6.07, 6.45) is 0.174. The van der Waals surface area contributed by atoms with Crippen molar-refractivity contribution in [3.63, 3.8) is 0 Å². The molecule has 1 N–H and O–H groups in total. The zero-order valence-electron chi connectivity index (χ0n) is 18.0. The minimum absolute atomic E-state index is 0.0353. The predicted molar refractivity (Wildman–Crippen MR) is 109 cm³/mol. The first kappa shape index (κ1) is 19.4. The van der Waals surface area contributed by atoms with Crippen LogP contribution in [0.1, 0.15) is 73.8 Å². The highest BCUT2D eigenvalue weighted by Crippen LogP contribution is 2.57. The van der Waals surface area contributed by atoms with Crippen LogP contribution >= 0.6 is 0 Å². The Morgan fingerprint density at radius 3 is 2.04 bits per heavy atom. The standard InChI is InChI=1S/C23H36N2O/c1-21(2,3)17-16-14-12-10-11-13-15(14)24-20(16)25(23(7,8)9)18(17)19(26)22(4,5)6/h10-13,16-18,20,24H,1-9H3. The van der Waals surface area contributed by atoms with E-state index in [-0.39, 0.29) is 34.5 Å². The third kappa shape index (κ3) is 2.98. The summed E-state index contributed by atoms with van der Waals surface area (Å²) in [5, 5.41) is 3.77. The molecule has 2 aliphatic heterocycles. The van der Waals surface area contributed by atoms with Gasteiger partial charge in [0.15, 0.2) is 5.78 Å². The number of nitrogens with one attached hydrogen (secondary N) is 1. The van der Waals surface area contributed by atoms with Crippen molar-refractivity contribution in [2.24, 2.45) is 16.7 Å². The average Bonchev–Trinajstić information content (AvgIpc) is 2.97. The second-order valence-corrected chi connectivity index (χ2v) is 11.2. The van der Waals surface area contributed by atoms with Crippen LogP contribution in [0.15, 0.2) is 24.3 Å². The number of Topliss-reactive ketones (excluding diaryl/α,β-unsaturated/α-hetero) is 1. The Bertz CT molecular complexity index is 702. The van der Waals surface area contributed by atoms with E-state index in [1.165, 1.54) is 11.3 Å². The summed E-state index contributed by atoms with van der Waals surface area (Å²) in [5.41, 5.74) is 2.19. The van der Waals surface area contributed by atoms with E-state index in [9.17, 15) is 4.79 Å². The molecular weight excluding hydrogens is 320 g/mol. The molecule has 3 nitrogen and oxygen atoms in total. The molecule has 4 unspecified atom stereocenters. The molecule has 1 aromatic rings. The number of benzene rings is 1. The Morgan fingerprint density at radius 2 is 1.54 bits per heavy atom. The first-order valence-corrected chi connectivity index (χ1v) is 9.93. The molecule has 144 valence electrons. The van der Waals surface area contributed by atoms with E-state index < -0.39 is 0 Å². The van der Waals surface area contributed by atoms with Crippen LogP contribution in [0.5, 0.6) is 0 Å². The SMILES string of the molecule is CC(C)(C)C(=O)C1C(C(C)(C)C)C2c3ccccc3NC2N1C(C)(C)C. The molecular formula is C23H36N2O. The first-order valence-electron chi connectivity index (χ1n) is 9.93. The summed E-state index contributed by atoms with van der Waals surface area (Å²) >= 11 is 0. The van der Waals surface area contributed by atoms with E-state index in [0.29, 0.717) is 11.7 Å². The van der Waals surface area contributed by atoms with Crippen LogP contribution in [0, 0.1) is 16.7 Å².